The number of rotatable bonds is 6. The lowest BCUT2D eigenvalue weighted by molar-refractivity contribution is 0.265. The molecule has 0 amide bonds. The number of hydrogen-bond donors (Lipinski definition) is 0. The van der Waals surface area contributed by atoms with Gasteiger partial charge in [-0.15, -0.1) is 11.6 Å². The summed E-state index contributed by atoms with van der Waals surface area (Å²) in [6.45, 7) is 11.8. The Hall–Kier alpha value is -0.690. The van der Waals surface area contributed by atoms with Gasteiger partial charge in [-0.25, -0.2) is 0 Å². The quantitative estimate of drug-likeness (QED) is 0.653. The molecule has 0 bridgehead atoms. The smallest absolute Gasteiger partial charge is 0.123 e. The lowest BCUT2D eigenvalue weighted by Crippen LogP contribution is -2.15. The predicted molar refractivity (Wildman–Crippen MR) is 84.5 cm³/mol. The Bertz CT molecular complexity index is 391. The van der Waals surface area contributed by atoms with E-state index in [1.165, 1.54) is 11.1 Å². The van der Waals surface area contributed by atoms with E-state index in [1.54, 1.807) is 0 Å². The van der Waals surface area contributed by atoms with Gasteiger partial charge in [-0.05, 0) is 41.4 Å². The second kappa shape index (κ2) is 7.19. The molecule has 0 fully saturated rings. The van der Waals surface area contributed by atoms with Crippen molar-refractivity contribution in [2.75, 3.05) is 12.5 Å². The number of ether oxygens (including phenoxy) is 1. The largest absolute Gasteiger partial charge is 0.493 e. The summed E-state index contributed by atoms with van der Waals surface area (Å²) >= 11 is 5.77. The monoisotopic (exact) mass is 282 g/mol. The van der Waals surface area contributed by atoms with Gasteiger partial charge in [-0.2, -0.15) is 0 Å². The Balaban J connectivity index is 2.96. The first kappa shape index (κ1) is 16.4. The zero-order valence-electron chi connectivity index (χ0n) is 12.9. The molecule has 0 N–H and O–H groups in total. The molecule has 0 radical (unpaired) electrons. The molecular weight excluding hydrogens is 256 g/mol. The van der Waals surface area contributed by atoms with Crippen LogP contribution >= 0.6 is 11.6 Å². The number of halogens is 1. The maximum absolute atomic E-state index is 5.96. The minimum absolute atomic E-state index is 0.100. The minimum atomic E-state index is 0.100. The zero-order chi connectivity index (χ0) is 14.5. The summed E-state index contributed by atoms with van der Waals surface area (Å²) in [7, 11) is 0. The molecule has 0 heterocycles. The molecule has 0 spiro atoms. The SMILES string of the molecule is CC(C)COc1ccc(CCCCl)cc1C(C)(C)C. The molecule has 19 heavy (non-hydrogen) atoms. The number of alkyl halides is 1. The topological polar surface area (TPSA) is 9.23 Å². The van der Waals surface area contributed by atoms with Crippen LogP contribution in [0.5, 0.6) is 5.75 Å². The molecule has 0 atom stereocenters. The molecule has 0 aliphatic carbocycles. The van der Waals surface area contributed by atoms with Crippen molar-refractivity contribution in [2.24, 2.45) is 5.92 Å². The first-order valence-electron chi connectivity index (χ1n) is 7.16. The highest BCUT2D eigenvalue weighted by atomic mass is 35.5. The fraction of sp³-hybridized carbons (Fsp3) is 0.647. The van der Waals surface area contributed by atoms with Crippen molar-refractivity contribution in [3.63, 3.8) is 0 Å². The van der Waals surface area contributed by atoms with E-state index in [1.807, 2.05) is 0 Å². The summed E-state index contributed by atoms with van der Waals surface area (Å²) in [6.07, 6.45) is 2.06. The molecule has 1 aromatic rings. The Morgan fingerprint density at radius 2 is 1.89 bits per heavy atom. The maximum Gasteiger partial charge on any atom is 0.123 e. The Morgan fingerprint density at radius 1 is 1.21 bits per heavy atom. The lowest BCUT2D eigenvalue weighted by atomic mass is 9.85. The molecule has 2 heteroatoms. The van der Waals surface area contributed by atoms with Crippen molar-refractivity contribution >= 4 is 11.6 Å². The van der Waals surface area contributed by atoms with Crippen LogP contribution in [0.2, 0.25) is 0 Å². The van der Waals surface area contributed by atoms with Crippen LogP contribution in [0, 0.1) is 5.92 Å². The van der Waals surface area contributed by atoms with E-state index in [9.17, 15) is 0 Å². The van der Waals surface area contributed by atoms with E-state index in [4.69, 9.17) is 16.3 Å². The normalized spacial score (nSPS) is 11.9. The average Bonchev–Trinajstić information content (AvgIpc) is 2.33. The molecule has 1 rings (SSSR count). The minimum Gasteiger partial charge on any atom is -0.493 e. The predicted octanol–water partition coefficient (Wildman–Crippen LogP) is 5.19. The Kier molecular flexibility index (Phi) is 6.19. The first-order valence-corrected chi connectivity index (χ1v) is 7.70. The van der Waals surface area contributed by atoms with Gasteiger partial charge in [0.1, 0.15) is 5.75 Å². The first-order chi connectivity index (χ1) is 8.84. The third-order valence-electron chi connectivity index (χ3n) is 3.02. The van der Waals surface area contributed by atoms with Gasteiger partial charge in [-0.3, -0.25) is 0 Å². The maximum atomic E-state index is 5.96. The molecule has 0 unspecified atom stereocenters. The van der Waals surface area contributed by atoms with Crippen molar-refractivity contribution in [1.29, 1.82) is 0 Å². The van der Waals surface area contributed by atoms with Gasteiger partial charge in [0, 0.05) is 5.88 Å². The molecule has 0 saturated carbocycles. The summed E-state index contributed by atoms with van der Waals surface area (Å²) in [5, 5.41) is 0. The molecule has 1 aromatic carbocycles. The summed E-state index contributed by atoms with van der Waals surface area (Å²) in [6, 6.07) is 6.56. The van der Waals surface area contributed by atoms with Crippen molar-refractivity contribution in [3.05, 3.63) is 29.3 Å². The van der Waals surface area contributed by atoms with Gasteiger partial charge in [0.15, 0.2) is 0 Å². The Morgan fingerprint density at radius 3 is 2.42 bits per heavy atom. The molecule has 0 aromatic heterocycles. The van der Waals surface area contributed by atoms with E-state index in [2.05, 4.69) is 52.8 Å². The van der Waals surface area contributed by atoms with E-state index >= 15 is 0 Å². The number of aryl methyl sites for hydroxylation is 1. The summed E-state index contributed by atoms with van der Waals surface area (Å²) < 4.78 is 5.96. The van der Waals surface area contributed by atoms with Gasteiger partial charge >= 0.3 is 0 Å². The highest BCUT2D eigenvalue weighted by Gasteiger charge is 2.19. The van der Waals surface area contributed by atoms with Gasteiger partial charge in [0.2, 0.25) is 0 Å². The fourth-order valence-corrected chi connectivity index (χ4v) is 2.11. The second-order valence-corrected chi connectivity index (χ2v) is 6.96. The van der Waals surface area contributed by atoms with E-state index in [0.717, 1.165) is 31.1 Å². The van der Waals surface area contributed by atoms with Crippen LogP contribution in [0.15, 0.2) is 18.2 Å². The lowest BCUT2D eigenvalue weighted by Gasteiger charge is -2.24. The van der Waals surface area contributed by atoms with Crippen LogP contribution in [-0.4, -0.2) is 12.5 Å². The van der Waals surface area contributed by atoms with Crippen LogP contribution in [0.1, 0.15) is 52.2 Å². The van der Waals surface area contributed by atoms with Crippen molar-refractivity contribution < 1.29 is 4.74 Å². The molecule has 1 nitrogen and oxygen atoms in total. The molecule has 108 valence electrons. The third kappa shape index (κ3) is 5.44. The van der Waals surface area contributed by atoms with Crippen LogP contribution in [-0.2, 0) is 11.8 Å². The van der Waals surface area contributed by atoms with Gasteiger partial charge in [0.05, 0.1) is 6.61 Å². The molecule has 0 aliphatic heterocycles. The summed E-state index contributed by atoms with van der Waals surface area (Å²) in [5.74, 6) is 2.29. The average molecular weight is 283 g/mol. The van der Waals surface area contributed by atoms with Crippen LogP contribution < -0.4 is 4.74 Å². The summed E-state index contributed by atoms with van der Waals surface area (Å²) in [5.41, 5.74) is 2.74. The third-order valence-corrected chi connectivity index (χ3v) is 3.29. The van der Waals surface area contributed by atoms with Crippen molar-refractivity contribution in [3.8, 4) is 5.75 Å². The van der Waals surface area contributed by atoms with Gasteiger partial charge in [0.25, 0.3) is 0 Å². The fourth-order valence-electron chi connectivity index (χ4n) is 1.97. The highest BCUT2D eigenvalue weighted by Crippen LogP contribution is 2.32. The van der Waals surface area contributed by atoms with Gasteiger partial charge in [-0.1, -0.05) is 46.8 Å². The number of hydrogen-bond acceptors (Lipinski definition) is 1. The highest BCUT2D eigenvalue weighted by molar-refractivity contribution is 6.17. The standard InChI is InChI=1S/C17H27ClO/c1-13(2)12-19-16-9-8-14(7-6-10-18)11-15(16)17(3,4)5/h8-9,11,13H,6-7,10,12H2,1-5H3. The van der Waals surface area contributed by atoms with E-state index in [-0.39, 0.29) is 5.41 Å². The van der Waals surface area contributed by atoms with Gasteiger partial charge < -0.3 is 4.74 Å². The van der Waals surface area contributed by atoms with Crippen LogP contribution in [0.4, 0.5) is 0 Å². The second-order valence-electron chi connectivity index (χ2n) is 6.58. The molecule has 0 aliphatic rings. The van der Waals surface area contributed by atoms with E-state index < -0.39 is 0 Å². The van der Waals surface area contributed by atoms with Crippen LogP contribution in [0.25, 0.3) is 0 Å². The van der Waals surface area contributed by atoms with Crippen molar-refractivity contribution in [2.45, 2.75) is 52.9 Å². The Labute approximate surface area is 123 Å². The summed E-state index contributed by atoms with van der Waals surface area (Å²) in [4.78, 5) is 0. The number of benzene rings is 1. The molecular formula is C17H27ClO. The van der Waals surface area contributed by atoms with Crippen LogP contribution in [0.3, 0.4) is 0 Å². The van der Waals surface area contributed by atoms with E-state index in [0.29, 0.717) is 5.92 Å². The zero-order valence-corrected chi connectivity index (χ0v) is 13.7. The molecule has 0 saturated heterocycles. The van der Waals surface area contributed by atoms with Crippen molar-refractivity contribution in [1.82, 2.24) is 0 Å².